The Morgan fingerprint density at radius 2 is 1.82 bits per heavy atom. The molecule has 2 aromatic rings. The van der Waals surface area contributed by atoms with Crippen LogP contribution < -0.4 is 4.74 Å². The van der Waals surface area contributed by atoms with Gasteiger partial charge in [0.2, 0.25) is 0 Å². The Bertz CT molecular complexity index is 999. The molecule has 0 radical (unpaired) electrons. The van der Waals surface area contributed by atoms with Crippen LogP contribution in [0.1, 0.15) is 48.5 Å². The van der Waals surface area contributed by atoms with Crippen molar-refractivity contribution in [1.29, 1.82) is 0 Å². The predicted molar refractivity (Wildman–Crippen MR) is 123 cm³/mol. The van der Waals surface area contributed by atoms with E-state index in [1.807, 2.05) is 4.90 Å². The number of hydrogen-bond donors (Lipinski definition) is 0. The summed E-state index contributed by atoms with van der Waals surface area (Å²) >= 11 is -0.358. The first-order valence-corrected chi connectivity index (χ1v) is 12.3. The van der Waals surface area contributed by atoms with E-state index in [1.54, 1.807) is 24.3 Å². The fourth-order valence-electron chi connectivity index (χ4n) is 4.69. The van der Waals surface area contributed by atoms with Gasteiger partial charge < -0.3 is 9.64 Å². The molecule has 34 heavy (non-hydrogen) atoms. The Morgan fingerprint density at radius 1 is 1.09 bits per heavy atom. The normalized spacial score (nSPS) is 21.3. The van der Waals surface area contributed by atoms with Crippen molar-refractivity contribution in [3.63, 3.8) is 0 Å². The van der Waals surface area contributed by atoms with Gasteiger partial charge in [-0.25, -0.2) is 4.39 Å². The highest BCUT2D eigenvalue weighted by Crippen LogP contribution is 2.37. The molecule has 2 atom stereocenters. The molecule has 2 fully saturated rings. The molecule has 2 heterocycles. The smallest absolute Gasteiger partial charge is 0.446 e. The Balaban J connectivity index is 1.33. The third-order valence-electron chi connectivity index (χ3n) is 6.53. The summed E-state index contributed by atoms with van der Waals surface area (Å²) in [6.07, 6.45) is 4.44. The number of carbonyl (C=O) groups excluding carboxylic acids is 1. The van der Waals surface area contributed by atoms with Crippen molar-refractivity contribution >= 4 is 17.7 Å². The molecule has 2 unspecified atom stereocenters. The Labute approximate surface area is 201 Å². The Morgan fingerprint density at radius 3 is 2.47 bits per heavy atom. The van der Waals surface area contributed by atoms with Crippen LogP contribution in [0.15, 0.2) is 47.4 Å². The quantitative estimate of drug-likeness (QED) is 0.342. The average Bonchev–Trinajstić information content (AvgIpc) is 3.41. The number of rotatable bonds is 7. The number of hydrogen-bond acceptors (Lipinski definition) is 4. The van der Waals surface area contributed by atoms with Gasteiger partial charge in [0.1, 0.15) is 18.2 Å². The van der Waals surface area contributed by atoms with Crippen LogP contribution in [0.2, 0.25) is 0 Å². The fourth-order valence-corrected chi connectivity index (χ4v) is 5.26. The minimum absolute atomic E-state index is 0.00435. The third kappa shape index (κ3) is 6.24. The SMILES string of the molecule is CC1CCCN1CC1CCCN1C(=O)c1ccc(OCc2ccc(SC(F)(F)F)cc2F)cc1. The van der Waals surface area contributed by atoms with E-state index in [0.29, 0.717) is 17.4 Å². The lowest BCUT2D eigenvalue weighted by molar-refractivity contribution is -0.0328. The van der Waals surface area contributed by atoms with Crippen LogP contribution in [0.3, 0.4) is 0 Å². The lowest BCUT2D eigenvalue weighted by Gasteiger charge is -2.30. The Kier molecular flexibility index (Phi) is 7.72. The van der Waals surface area contributed by atoms with E-state index < -0.39 is 11.3 Å². The lowest BCUT2D eigenvalue weighted by atomic mass is 10.1. The number of alkyl halides is 3. The van der Waals surface area contributed by atoms with E-state index in [1.165, 1.54) is 25.0 Å². The molecule has 0 aliphatic carbocycles. The van der Waals surface area contributed by atoms with Gasteiger partial charge in [0.05, 0.1) is 0 Å². The molecule has 2 aliphatic heterocycles. The van der Waals surface area contributed by atoms with Crippen molar-refractivity contribution < 1.29 is 27.1 Å². The number of nitrogens with zero attached hydrogens (tertiary/aromatic N) is 2. The van der Waals surface area contributed by atoms with Crippen molar-refractivity contribution in [2.45, 2.75) is 61.7 Å². The van der Waals surface area contributed by atoms with Gasteiger partial charge in [-0.05, 0) is 87.3 Å². The number of benzene rings is 2. The van der Waals surface area contributed by atoms with Crippen LogP contribution in [0.5, 0.6) is 5.75 Å². The van der Waals surface area contributed by atoms with Crippen molar-refractivity contribution in [3.05, 3.63) is 59.4 Å². The topological polar surface area (TPSA) is 32.8 Å². The van der Waals surface area contributed by atoms with Gasteiger partial charge in [-0.3, -0.25) is 9.69 Å². The standard InChI is InChI=1S/C25H28F4N2O2S/c1-17-4-2-12-30(17)15-20-5-3-13-31(20)24(32)18-6-9-21(10-7-18)33-16-19-8-11-22(14-23(19)26)34-25(27,28)29/h6-11,14,17,20H,2-5,12-13,15-16H2,1H3. The molecule has 2 aromatic carbocycles. The van der Waals surface area contributed by atoms with Crippen molar-refractivity contribution in [1.82, 2.24) is 9.80 Å². The predicted octanol–water partition coefficient (Wildman–Crippen LogP) is 6.11. The molecule has 2 aliphatic rings. The van der Waals surface area contributed by atoms with E-state index in [-0.39, 0.29) is 40.8 Å². The molecule has 9 heteroatoms. The first kappa shape index (κ1) is 24.9. The van der Waals surface area contributed by atoms with E-state index in [9.17, 15) is 22.4 Å². The van der Waals surface area contributed by atoms with Gasteiger partial charge >= 0.3 is 5.51 Å². The van der Waals surface area contributed by atoms with Gasteiger partial charge in [-0.2, -0.15) is 13.2 Å². The average molecular weight is 497 g/mol. The monoisotopic (exact) mass is 496 g/mol. The van der Waals surface area contributed by atoms with Crippen LogP contribution in [0.4, 0.5) is 17.6 Å². The summed E-state index contributed by atoms with van der Waals surface area (Å²) in [7, 11) is 0. The molecule has 2 saturated heterocycles. The zero-order chi connectivity index (χ0) is 24.3. The molecular formula is C25H28F4N2O2S. The summed E-state index contributed by atoms with van der Waals surface area (Å²) in [6.45, 7) is 4.88. The van der Waals surface area contributed by atoms with Crippen molar-refractivity contribution in [2.75, 3.05) is 19.6 Å². The van der Waals surface area contributed by atoms with E-state index in [2.05, 4.69) is 11.8 Å². The minimum atomic E-state index is -4.47. The molecular weight excluding hydrogens is 468 g/mol. The van der Waals surface area contributed by atoms with Gasteiger partial charge in [0.25, 0.3) is 5.91 Å². The highest BCUT2D eigenvalue weighted by atomic mass is 32.2. The summed E-state index contributed by atoms with van der Waals surface area (Å²) in [5.41, 5.74) is -3.73. The summed E-state index contributed by atoms with van der Waals surface area (Å²) < 4.78 is 57.1. The van der Waals surface area contributed by atoms with Gasteiger partial charge in [0, 0.05) is 41.2 Å². The summed E-state index contributed by atoms with van der Waals surface area (Å²) in [4.78, 5) is 17.3. The molecule has 0 N–H and O–H groups in total. The maximum absolute atomic E-state index is 14.2. The van der Waals surface area contributed by atoms with E-state index >= 15 is 0 Å². The van der Waals surface area contributed by atoms with Crippen LogP contribution in [-0.2, 0) is 6.61 Å². The molecule has 0 bridgehead atoms. The van der Waals surface area contributed by atoms with Gasteiger partial charge in [-0.15, -0.1) is 0 Å². The van der Waals surface area contributed by atoms with Crippen molar-refractivity contribution in [3.8, 4) is 5.75 Å². The first-order chi connectivity index (χ1) is 16.2. The van der Waals surface area contributed by atoms with E-state index in [0.717, 1.165) is 38.5 Å². The maximum Gasteiger partial charge on any atom is 0.446 e. The number of thioether (sulfide) groups is 1. The van der Waals surface area contributed by atoms with Crippen LogP contribution in [0, 0.1) is 5.82 Å². The zero-order valence-electron chi connectivity index (χ0n) is 19.0. The van der Waals surface area contributed by atoms with Gasteiger partial charge in [-0.1, -0.05) is 6.07 Å². The van der Waals surface area contributed by atoms with Crippen LogP contribution >= 0.6 is 11.8 Å². The second-order valence-electron chi connectivity index (χ2n) is 8.89. The summed E-state index contributed by atoms with van der Waals surface area (Å²) in [5, 5.41) is 0. The molecule has 0 aromatic heterocycles. The highest BCUT2D eigenvalue weighted by Gasteiger charge is 2.33. The fraction of sp³-hybridized carbons (Fsp3) is 0.480. The number of halogens is 4. The molecule has 4 rings (SSSR count). The highest BCUT2D eigenvalue weighted by molar-refractivity contribution is 8.00. The summed E-state index contributed by atoms with van der Waals surface area (Å²) in [5.74, 6) is -0.299. The second-order valence-corrected chi connectivity index (χ2v) is 10.0. The maximum atomic E-state index is 14.2. The zero-order valence-corrected chi connectivity index (χ0v) is 19.8. The van der Waals surface area contributed by atoms with Gasteiger partial charge in [0.15, 0.2) is 0 Å². The third-order valence-corrected chi connectivity index (χ3v) is 7.25. The lowest BCUT2D eigenvalue weighted by Crippen LogP contribution is -2.44. The second kappa shape index (κ2) is 10.6. The largest absolute Gasteiger partial charge is 0.489 e. The molecule has 1 amide bonds. The number of ether oxygens (including phenoxy) is 1. The molecule has 4 nitrogen and oxygen atoms in total. The first-order valence-electron chi connectivity index (χ1n) is 11.5. The molecule has 0 saturated carbocycles. The van der Waals surface area contributed by atoms with Crippen molar-refractivity contribution in [2.24, 2.45) is 0 Å². The molecule has 184 valence electrons. The minimum Gasteiger partial charge on any atom is -0.489 e. The van der Waals surface area contributed by atoms with Crippen LogP contribution in [-0.4, -0.2) is 52.9 Å². The summed E-state index contributed by atoms with van der Waals surface area (Å²) in [6, 6.07) is 10.9. The number of carbonyl (C=O) groups is 1. The van der Waals surface area contributed by atoms with Crippen LogP contribution in [0.25, 0.3) is 0 Å². The van der Waals surface area contributed by atoms with E-state index in [4.69, 9.17) is 4.74 Å². The molecule has 0 spiro atoms. The number of likely N-dealkylation sites (tertiary alicyclic amines) is 2. The number of amides is 1. The Hall–Kier alpha value is -2.26.